The van der Waals surface area contributed by atoms with E-state index in [1.807, 2.05) is 35.2 Å². The highest BCUT2D eigenvalue weighted by atomic mass is 35.5. The third-order valence-electron chi connectivity index (χ3n) is 7.19. The molecule has 2 unspecified atom stereocenters. The Morgan fingerprint density at radius 2 is 1.75 bits per heavy atom. The molecule has 1 aliphatic carbocycles. The number of hydrogen-bond acceptors (Lipinski definition) is 3. The summed E-state index contributed by atoms with van der Waals surface area (Å²) < 4.78 is 6.42. The molecule has 2 aliphatic rings. The van der Waals surface area contributed by atoms with E-state index in [4.69, 9.17) is 16.3 Å². The molecule has 5 rings (SSSR count). The van der Waals surface area contributed by atoms with Crippen molar-refractivity contribution in [3.05, 3.63) is 106 Å². The van der Waals surface area contributed by atoms with Gasteiger partial charge < -0.3 is 15.0 Å². The van der Waals surface area contributed by atoms with Gasteiger partial charge in [-0.1, -0.05) is 83.9 Å². The molecule has 5 nitrogen and oxygen atoms in total. The Labute approximate surface area is 219 Å². The lowest BCUT2D eigenvalue weighted by Gasteiger charge is -2.36. The fourth-order valence-electron chi connectivity index (χ4n) is 4.97. The average molecular weight is 504 g/mol. The highest BCUT2D eigenvalue weighted by Gasteiger charge is 2.40. The molecule has 1 aliphatic heterocycles. The summed E-state index contributed by atoms with van der Waals surface area (Å²) >= 11 is 6.13. The molecule has 3 aromatic carbocycles. The van der Waals surface area contributed by atoms with Crippen molar-refractivity contribution in [2.75, 3.05) is 32.7 Å². The standard InChI is InChI=1S/C30H34ClN3O2/c1-22-6-5-7-23(18-22)21-36-29(25-10-12-26(31)13-11-25)20-33-14-16-34(17-15-33)30(35)32-28-19-27(28)24-8-3-2-4-9-24/h2-13,18,27-29H,14-17,19-21H2,1H3,(H,32,35)/t27-,28?,29?/m0/s1. The lowest BCUT2D eigenvalue weighted by molar-refractivity contribution is 0.00554. The summed E-state index contributed by atoms with van der Waals surface area (Å²) in [6.45, 7) is 6.54. The van der Waals surface area contributed by atoms with E-state index < -0.39 is 0 Å². The summed E-state index contributed by atoms with van der Waals surface area (Å²) in [5.74, 6) is 0.446. The number of urea groups is 1. The summed E-state index contributed by atoms with van der Waals surface area (Å²) in [4.78, 5) is 17.2. The number of benzene rings is 3. The molecule has 1 saturated heterocycles. The first-order valence-corrected chi connectivity index (χ1v) is 13.2. The van der Waals surface area contributed by atoms with E-state index in [-0.39, 0.29) is 18.2 Å². The maximum atomic E-state index is 12.9. The fraction of sp³-hybridized carbons (Fsp3) is 0.367. The van der Waals surface area contributed by atoms with Crippen LogP contribution in [0.25, 0.3) is 0 Å². The van der Waals surface area contributed by atoms with Gasteiger partial charge in [-0.3, -0.25) is 4.90 Å². The zero-order valence-electron chi connectivity index (χ0n) is 20.8. The van der Waals surface area contributed by atoms with E-state index in [0.717, 1.165) is 49.7 Å². The van der Waals surface area contributed by atoms with Gasteiger partial charge in [-0.15, -0.1) is 0 Å². The number of hydrogen-bond donors (Lipinski definition) is 1. The minimum atomic E-state index is -0.0683. The van der Waals surface area contributed by atoms with E-state index in [9.17, 15) is 4.79 Å². The molecule has 3 atom stereocenters. The minimum Gasteiger partial charge on any atom is -0.368 e. The number of carbonyl (C=O) groups is 1. The number of amides is 2. The van der Waals surface area contributed by atoms with Crippen molar-refractivity contribution in [1.82, 2.24) is 15.1 Å². The van der Waals surface area contributed by atoms with Crippen molar-refractivity contribution in [1.29, 1.82) is 0 Å². The predicted octanol–water partition coefficient (Wildman–Crippen LogP) is 5.79. The molecule has 36 heavy (non-hydrogen) atoms. The second-order valence-electron chi connectivity index (χ2n) is 9.94. The van der Waals surface area contributed by atoms with Crippen LogP contribution < -0.4 is 5.32 Å². The monoisotopic (exact) mass is 503 g/mol. The van der Waals surface area contributed by atoms with Gasteiger partial charge >= 0.3 is 6.03 Å². The summed E-state index contributed by atoms with van der Waals surface area (Å²) in [5, 5.41) is 3.96. The molecule has 1 heterocycles. The normalized spacial score (nSPS) is 20.7. The van der Waals surface area contributed by atoms with E-state index in [0.29, 0.717) is 12.5 Å². The van der Waals surface area contributed by atoms with E-state index in [2.05, 4.69) is 65.7 Å². The quantitative estimate of drug-likeness (QED) is 0.423. The second kappa shape index (κ2) is 11.5. The molecule has 188 valence electrons. The third kappa shape index (κ3) is 6.47. The van der Waals surface area contributed by atoms with E-state index >= 15 is 0 Å². The van der Waals surface area contributed by atoms with Gasteiger partial charge in [0.05, 0.1) is 12.7 Å². The van der Waals surface area contributed by atoms with Crippen LogP contribution in [0.5, 0.6) is 0 Å². The number of ether oxygens (including phenoxy) is 1. The molecule has 2 fully saturated rings. The topological polar surface area (TPSA) is 44.8 Å². The van der Waals surface area contributed by atoms with E-state index in [1.165, 1.54) is 16.7 Å². The third-order valence-corrected chi connectivity index (χ3v) is 7.44. The Bertz CT molecular complexity index is 1150. The van der Waals surface area contributed by atoms with Gasteiger partial charge in [0.15, 0.2) is 0 Å². The Morgan fingerprint density at radius 3 is 2.47 bits per heavy atom. The van der Waals surface area contributed by atoms with Crippen LogP contribution in [0.15, 0.2) is 78.9 Å². The highest BCUT2D eigenvalue weighted by molar-refractivity contribution is 6.30. The van der Waals surface area contributed by atoms with Crippen LogP contribution in [0, 0.1) is 6.92 Å². The number of halogens is 1. The van der Waals surface area contributed by atoms with Crippen LogP contribution in [-0.4, -0.2) is 54.6 Å². The summed E-state index contributed by atoms with van der Waals surface area (Å²) in [7, 11) is 0. The minimum absolute atomic E-state index is 0.0584. The Kier molecular flexibility index (Phi) is 7.90. The van der Waals surface area contributed by atoms with Crippen LogP contribution in [0.1, 0.15) is 40.7 Å². The molecular weight excluding hydrogens is 470 g/mol. The molecule has 3 aromatic rings. The smallest absolute Gasteiger partial charge is 0.317 e. The van der Waals surface area contributed by atoms with Crippen molar-refractivity contribution in [2.24, 2.45) is 0 Å². The largest absolute Gasteiger partial charge is 0.368 e. The molecule has 2 amide bonds. The molecule has 6 heteroatoms. The van der Waals surface area contributed by atoms with Crippen LogP contribution >= 0.6 is 11.6 Å². The van der Waals surface area contributed by atoms with Crippen LogP contribution in [0.3, 0.4) is 0 Å². The number of aryl methyl sites for hydroxylation is 1. The maximum absolute atomic E-state index is 12.9. The van der Waals surface area contributed by atoms with Gasteiger partial charge in [0.2, 0.25) is 0 Å². The number of piperazine rings is 1. The van der Waals surface area contributed by atoms with Gasteiger partial charge in [0, 0.05) is 49.7 Å². The fourth-order valence-corrected chi connectivity index (χ4v) is 5.10. The Hall–Kier alpha value is -2.86. The SMILES string of the molecule is Cc1cccc(COC(CN2CCN(C(=O)NC3C[C@H]3c3ccccc3)CC2)c2ccc(Cl)cc2)c1. The number of carbonyl (C=O) groups excluding carboxylic acids is 1. The molecule has 1 N–H and O–H groups in total. The summed E-state index contributed by atoms with van der Waals surface area (Å²) in [6, 6.07) is 27.1. The average Bonchev–Trinajstić information content (AvgIpc) is 3.67. The van der Waals surface area contributed by atoms with Crippen molar-refractivity contribution >= 4 is 17.6 Å². The predicted molar refractivity (Wildman–Crippen MR) is 144 cm³/mol. The first-order chi connectivity index (χ1) is 17.5. The van der Waals surface area contributed by atoms with Crippen LogP contribution in [-0.2, 0) is 11.3 Å². The zero-order valence-corrected chi connectivity index (χ0v) is 21.5. The summed E-state index contributed by atoms with van der Waals surface area (Å²) in [5.41, 5.74) is 4.83. The molecule has 0 aromatic heterocycles. The van der Waals surface area contributed by atoms with E-state index in [1.54, 1.807) is 0 Å². The van der Waals surface area contributed by atoms with Crippen LogP contribution in [0.2, 0.25) is 5.02 Å². The zero-order chi connectivity index (χ0) is 24.9. The Balaban J connectivity index is 1.13. The first kappa shape index (κ1) is 24.8. The van der Waals surface area contributed by atoms with Gasteiger partial charge in [0.25, 0.3) is 0 Å². The van der Waals surface area contributed by atoms with Gasteiger partial charge in [-0.2, -0.15) is 0 Å². The maximum Gasteiger partial charge on any atom is 0.317 e. The molecule has 0 radical (unpaired) electrons. The lowest BCUT2D eigenvalue weighted by Crippen LogP contribution is -2.52. The summed E-state index contributed by atoms with van der Waals surface area (Å²) in [6.07, 6.45) is 0.956. The lowest BCUT2D eigenvalue weighted by atomic mass is 10.1. The number of nitrogens with one attached hydrogen (secondary N) is 1. The number of rotatable bonds is 8. The molecule has 0 bridgehead atoms. The van der Waals surface area contributed by atoms with Gasteiger partial charge in [-0.05, 0) is 42.2 Å². The molecular formula is C30H34ClN3O2. The second-order valence-corrected chi connectivity index (χ2v) is 10.4. The van der Waals surface area contributed by atoms with Crippen molar-refractivity contribution in [3.63, 3.8) is 0 Å². The first-order valence-electron chi connectivity index (χ1n) is 12.8. The number of nitrogens with zero attached hydrogens (tertiary/aromatic N) is 2. The molecule has 0 spiro atoms. The van der Waals surface area contributed by atoms with Gasteiger partial charge in [-0.25, -0.2) is 4.79 Å². The Morgan fingerprint density at radius 1 is 1.00 bits per heavy atom. The van der Waals surface area contributed by atoms with Crippen molar-refractivity contribution in [3.8, 4) is 0 Å². The van der Waals surface area contributed by atoms with Gasteiger partial charge in [0.1, 0.15) is 0 Å². The van der Waals surface area contributed by atoms with Crippen LogP contribution in [0.4, 0.5) is 4.79 Å². The van der Waals surface area contributed by atoms with Crippen molar-refractivity contribution < 1.29 is 9.53 Å². The van der Waals surface area contributed by atoms with Crippen molar-refractivity contribution in [2.45, 2.75) is 38.0 Å². The molecule has 1 saturated carbocycles. The highest BCUT2D eigenvalue weighted by Crippen LogP contribution is 2.40.